The number of fused-ring (bicyclic) bond motifs is 2. The molecule has 3 rings (SSSR count). The first-order chi connectivity index (χ1) is 11.5. The second-order valence-corrected chi connectivity index (χ2v) is 6.95. The second-order valence-electron chi connectivity index (χ2n) is 6.95. The molecule has 0 radical (unpaired) electrons. The Balaban J connectivity index is 2.32. The molecule has 0 saturated carbocycles. The molecule has 0 spiro atoms. The first-order valence-corrected chi connectivity index (χ1v) is 8.23. The van der Waals surface area contributed by atoms with Gasteiger partial charge >= 0.3 is 0 Å². The topological polar surface area (TPSA) is 24.7 Å². The molecule has 0 saturated heterocycles. The van der Waals surface area contributed by atoms with Crippen LogP contribution in [0.25, 0.3) is 10.8 Å². The molecule has 122 valence electrons. The van der Waals surface area contributed by atoms with Crippen LogP contribution in [0.2, 0.25) is 0 Å². The normalized spacial score (nSPS) is 22.2. The highest BCUT2D eigenvalue weighted by Crippen LogP contribution is 2.50. The Morgan fingerprint density at radius 3 is 2.33 bits per heavy atom. The lowest BCUT2D eigenvalue weighted by Crippen LogP contribution is -2.33. The highest BCUT2D eigenvalue weighted by Gasteiger charge is 2.48. The van der Waals surface area contributed by atoms with Crippen molar-refractivity contribution >= 4 is 23.2 Å². The van der Waals surface area contributed by atoms with Gasteiger partial charge in [0.05, 0.1) is 11.8 Å². The van der Waals surface area contributed by atoms with Gasteiger partial charge in [0.25, 0.3) is 0 Å². The van der Waals surface area contributed by atoms with Gasteiger partial charge in [0.1, 0.15) is 0 Å². The zero-order valence-corrected chi connectivity index (χ0v) is 14.7. The molecule has 2 nitrogen and oxygen atoms in total. The Morgan fingerprint density at radius 2 is 1.79 bits per heavy atom. The summed E-state index contributed by atoms with van der Waals surface area (Å²) in [6, 6.07) is 13.1. The summed E-state index contributed by atoms with van der Waals surface area (Å²) in [6.45, 7) is 16.4. The second kappa shape index (κ2) is 5.86. The van der Waals surface area contributed by atoms with Gasteiger partial charge < -0.3 is 0 Å². The van der Waals surface area contributed by atoms with E-state index in [0.29, 0.717) is 0 Å². The molecular formula is C22H24N2. The summed E-state index contributed by atoms with van der Waals surface area (Å²) in [5, 5.41) is 2.49. The predicted octanol–water partition coefficient (Wildman–Crippen LogP) is 5.10. The van der Waals surface area contributed by atoms with E-state index in [1.807, 2.05) is 7.05 Å². The standard InChI is InChI=1S/C22H24N2/c1-7-14(2)20(23-5)19-17-12-15-10-8-9-11-16(15)13-18(17)22(3,4)21(19)24-6/h7-13,19,21H,1-2,6H2,3-5H3. The fourth-order valence-corrected chi connectivity index (χ4v) is 4.04. The largest absolute Gasteiger partial charge is 0.296 e. The van der Waals surface area contributed by atoms with Gasteiger partial charge in [-0.05, 0) is 34.2 Å². The van der Waals surface area contributed by atoms with E-state index in [1.54, 1.807) is 6.08 Å². The van der Waals surface area contributed by atoms with Gasteiger partial charge in [-0.25, -0.2) is 0 Å². The smallest absolute Gasteiger partial charge is 0.0708 e. The molecule has 0 amide bonds. The molecule has 24 heavy (non-hydrogen) atoms. The molecule has 1 aliphatic carbocycles. The van der Waals surface area contributed by atoms with Crippen molar-refractivity contribution in [1.82, 2.24) is 0 Å². The minimum atomic E-state index is -0.108. The van der Waals surface area contributed by atoms with Crippen LogP contribution in [0.4, 0.5) is 0 Å². The van der Waals surface area contributed by atoms with Crippen LogP contribution in [-0.4, -0.2) is 25.5 Å². The Morgan fingerprint density at radius 1 is 1.17 bits per heavy atom. The van der Waals surface area contributed by atoms with E-state index in [-0.39, 0.29) is 17.4 Å². The van der Waals surface area contributed by atoms with Gasteiger partial charge in [-0.15, -0.1) is 0 Å². The van der Waals surface area contributed by atoms with Crippen LogP contribution < -0.4 is 0 Å². The monoisotopic (exact) mass is 316 g/mol. The third-order valence-electron chi connectivity index (χ3n) is 5.31. The zero-order chi connectivity index (χ0) is 17.5. The maximum atomic E-state index is 4.54. The van der Waals surface area contributed by atoms with Crippen molar-refractivity contribution in [3.05, 3.63) is 72.3 Å². The van der Waals surface area contributed by atoms with E-state index < -0.39 is 0 Å². The van der Waals surface area contributed by atoms with Crippen LogP contribution in [0.3, 0.4) is 0 Å². The third kappa shape index (κ3) is 2.25. The average molecular weight is 316 g/mol. The van der Waals surface area contributed by atoms with E-state index >= 15 is 0 Å². The van der Waals surface area contributed by atoms with Crippen molar-refractivity contribution in [2.45, 2.75) is 31.2 Å². The molecule has 0 aliphatic heterocycles. The molecule has 2 unspecified atom stereocenters. The van der Waals surface area contributed by atoms with E-state index in [4.69, 9.17) is 0 Å². The molecule has 0 N–H and O–H groups in total. The van der Waals surface area contributed by atoms with Crippen LogP contribution in [0.5, 0.6) is 0 Å². The van der Waals surface area contributed by atoms with Gasteiger partial charge in [-0.2, -0.15) is 0 Å². The van der Waals surface area contributed by atoms with Crippen molar-refractivity contribution in [3.63, 3.8) is 0 Å². The highest BCUT2D eigenvalue weighted by atomic mass is 14.8. The van der Waals surface area contributed by atoms with Crippen LogP contribution in [0, 0.1) is 0 Å². The molecule has 0 heterocycles. The quantitative estimate of drug-likeness (QED) is 0.554. The molecule has 0 aromatic heterocycles. The zero-order valence-electron chi connectivity index (χ0n) is 14.7. The van der Waals surface area contributed by atoms with Gasteiger partial charge in [0, 0.05) is 18.4 Å². The van der Waals surface area contributed by atoms with E-state index in [0.717, 1.165) is 11.3 Å². The molecule has 2 aromatic rings. The summed E-state index contributed by atoms with van der Waals surface area (Å²) in [5.41, 5.74) is 4.29. The lowest BCUT2D eigenvalue weighted by Gasteiger charge is -2.28. The Hall–Kier alpha value is -2.48. The number of allylic oxidation sites excluding steroid dienone is 2. The maximum Gasteiger partial charge on any atom is 0.0708 e. The van der Waals surface area contributed by atoms with E-state index in [9.17, 15) is 0 Å². The molecule has 2 heteroatoms. The lowest BCUT2D eigenvalue weighted by molar-refractivity contribution is 0.436. The fraction of sp³-hybridized carbons (Fsp3) is 0.273. The van der Waals surface area contributed by atoms with Crippen LogP contribution in [0.15, 0.2) is 71.2 Å². The summed E-state index contributed by atoms with van der Waals surface area (Å²) in [6.07, 6.45) is 1.77. The first kappa shape index (κ1) is 16.4. The molecule has 0 bridgehead atoms. The lowest BCUT2D eigenvalue weighted by atomic mass is 9.80. The van der Waals surface area contributed by atoms with Crippen molar-refractivity contribution < 1.29 is 0 Å². The van der Waals surface area contributed by atoms with Crippen molar-refractivity contribution in [1.29, 1.82) is 0 Å². The third-order valence-corrected chi connectivity index (χ3v) is 5.31. The molecule has 1 aliphatic rings. The van der Waals surface area contributed by atoms with Crippen LogP contribution in [0.1, 0.15) is 30.9 Å². The molecule has 2 aromatic carbocycles. The summed E-state index contributed by atoms with van der Waals surface area (Å²) >= 11 is 0. The number of aliphatic imine (C=N–C) groups is 2. The van der Waals surface area contributed by atoms with Gasteiger partial charge in [0.2, 0.25) is 0 Å². The minimum Gasteiger partial charge on any atom is -0.296 e. The van der Waals surface area contributed by atoms with Crippen molar-refractivity contribution in [3.8, 4) is 0 Å². The molecule has 2 atom stereocenters. The average Bonchev–Trinajstić information content (AvgIpc) is 2.80. The SMILES string of the molecule is C=CC(=C)C(=NC)C1c2cc3ccccc3cc2C(C)(C)C1N=C. The maximum absolute atomic E-state index is 4.54. The first-order valence-electron chi connectivity index (χ1n) is 8.23. The summed E-state index contributed by atoms with van der Waals surface area (Å²) in [4.78, 5) is 9.05. The number of rotatable bonds is 4. The van der Waals surface area contributed by atoms with Gasteiger partial charge in [-0.3, -0.25) is 9.98 Å². The fourth-order valence-electron chi connectivity index (χ4n) is 4.04. The number of hydrogen-bond acceptors (Lipinski definition) is 2. The summed E-state index contributed by atoms with van der Waals surface area (Å²) < 4.78 is 0. The number of benzene rings is 2. The molecular weight excluding hydrogens is 292 g/mol. The molecule has 0 fully saturated rings. The van der Waals surface area contributed by atoms with E-state index in [2.05, 4.69) is 80.1 Å². The van der Waals surface area contributed by atoms with E-state index in [1.165, 1.54) is 21.9 Å². The Kier molecular flexibility index (Phi) is 4.00. The highest BCUT2D eigenvalue weighted by molar-refractivity contribution is 6.08. The number of nitrogens with zero attached hydrogens (tertiary/aromatic N) is 2. The predicted molar refractivity (Wildman–Crippen MR) is 106 cm³/mol. The van der Waals surface area contributed by atoms with Crippen molar-refractivity contribution in [2.75, 3.05) is 7.05 Å². The van der Waals surface area contributed by atoms with Gasteiger partial charge in [-0.1, -0.05) is 69.5 Å². The van der Waals surface area contributed by atoms with Crippen molar-refractivity contribution in [2.24, 2.45) is 9.98 Å². The van der Waals surface area contributed by atoms with Crippen LogP contribution >= 0.6 is 0 Å². The minimum absolute atomic E-state index is 0.0275. The summed E-state index contributed by atoms with van der Waals surface area (Å²) in [5.74, 6) is 0.0626. The number of hydrogen-bond donors (Lipinski definition) is 0. The summed E-state index contributed by atoms with van der Waals surface area (Å²) in [7, 11) is 1.82. The Labute approximate surface area is 144 Å². The van der Waals surface area contributed by atoms with Gasteiger partial charge in [0.15, 0.2) is 0 Å². The van der Waals surface area contributed by atoms with Crippen LogP contribution in [-0.2, 0) is 5.41 Å². The Bertz CT molecular complexity index is 871.